The summed E-state index contributed by atoms with van der Waals surface area (Å²) in [4.78, 5) is 4.02. The molecule has 1 rings (SSSR count). The Kier molecular flexibility index (Phi) is 8.57. The topological polar surface area (TPSA) is 34.1 Å². The lowest BCUT2D eigenvalue weighted by atomic mass is 10.2. The molecule has 5 heteroatoms. The lowest BCUT2D eigenvalue weighted by Crippen LogP contribution is -2.26. The SMILES string of the molecule is COCCC(C)NCc1cccnc1Cl.Cl. The Hall–Kier alpha value is -0.350. The number of halogens is 2. The Labute approximate surface area is 108 Å². The molecule has 1 heterocycles. The first kappa shape index (κ1) is 15.7. The maximum Gasteiger partial charge on any atom is 0.133 e. The average molecular weight is 265 g/mol. The highest BCUT2D eigenvalue weighted by atomic mass is 35.5. The van der Waals surface area contributed by atoms with E-state index in [-0.39, 0.29) is 12.4 Å². The van der Waals surface area contributed by atoms with Crippen molar-refractivity contribution < 1.29 is 4.74 Å². The molecule has 1 unspecified atom stereocenters. The van der Waals surface area contributed by atoms with E-state index in [1.54, 1.807) is 13.3 Å². The second-order valence-electron chi connectivity index (χ2n) is 3.52. The molecule has 0 saturated heterocycles. The summed E-state index contributed by atoms with van der Waals surface area (Å²) in [5.74, 6) is 0. The molecule has 0 fully saturated rings. The van der Waals surface area contributed by atoms with E-state index in [0.717, 1.165) is 25.1 Å². The van der Waals surface area contributed by atoms with Gasteiger partial charge in [0.25, 0.3) is 0 Å². The van der Waals surface area contributed by atoms with E-state index in [1.807, 2.05) is 12.1 Å². The van der Waals surface area contributed by atoms with Crippen LogP contribution in [0.1, 0.15) is 18.9 Å². The van der Waals surface area contributed by atoms with E-state index in [1.165, 1.54) is 0 Å². The van der Waals surface area contributed by atoms with Crippen LogP contribution in [0, 0.1) is 0 Å². The molecule has 1 atom stereocenters. The quantitative estimate of drug-likeness (QED) is 0.803. The van der Waals surface area contributed by atoms with Gasteiger partial charge >= 0.3 is 0 Å². The lowest BCUT2D eigenvalue weighted by Gasteiger charge is -2.13. The van der Waals surface area contributed by atoms with Crippen molar-refractivity contribution in [3.05, 3.63) is 29.0 Å². The molecule has 0 radical (unpaired) electrons. The zero-order valence-electron chi connectivity index (χ0n) is 9.57. The summed E-state index contributed by atoms with van der Waals surface area (Å²) in [5, 5.41) is 3.94. The van der Waals surface area contributed by atoms with Crippen LogP contribution in [0.25, 0.3) is 0 Å². The first-order valence-corrected chi connectivity index (χ1v) is 5.43. The van der Waals surface area contributed by atoms with Gasteiger partial charge in [-0.25, -0.2) is 4.98 Å². The molecule has 0 aromatic carbocycles. The zero-order valence-corrected chi connectivity index (χ0v) is 11.1. The van der Waals surface area contributed by atoms with Crippen LogP contribution in [0.5, 0.6) is 0 Å². The molecule has 0 spiro atoms. The molecule has 0 amide bonds. The number of aromatic nitrogens is 1. The van der Waals surface area contributed by atoms with E-state index in [9.17, 15) is 0 Å². The van der Waals surface area contributed by atoms with Gasteiger partial charge in [-0.1, -0.05) is 17.7 Å². The van der Waals surface area contributed by atoms with Crippen LogP contribution >= 0.6 is 24.0 Å². The van der Waals surface area contributed by atoms with Gasteiger partial charge in [-0.05, 0) is 19.4 Å². The summed E-state index contributed by atoms with van der Waals surface area (Å²) < 4.78 is 5.01. The number of nitrogens with one attached hydrogen (secondary N) is 1. The van der Waals surface area contributed by atoms with Crippen LogP contribution in [0.2, 0.25) is 5.15 Å². The van der Waals surface area contributed by atoms with Gasteiger partial charge in [0.1, 0.15) is 5.15 Å². The number of hydrogen-bond donors (Lipinski definition) is 1. The van der Waals surface area contributed by atoms with Gasteiger partial charge in [-0.15, -0.1) is 12.4 Å². The molecular weight excluding hydrogens is 247 g/mol. The van der Waals surface area contributed by atoms with Crippen molar-refractivity contribution in [1.82, 2.24) is 10.3 Å². The van der Waals surface area contributed by atoms with Crippen molar-refractivity contribution in [2.75, 3.05) is 13.7 Å². The Bertz CT molecular complexity index is 297. The fourth-order valence-corrected chi connectivity index (χ4v) is 1.42. The molecule has 1 aromatic heterocycles. The van der Waals surface area contributed by atoms with E-state index in [4.69, 9.17) is 16.3 Å². The van der Waals surface area contributed by atoms with Gasteiger partial charge in [0.15, 0.2) is 0 Å². The highest BCUT2D eigenvalue weighted by molar-refractivity contribution is 6.30. The van der Waals surface area contributed by atoms with Crippen molar-refractivity contribution >= 4 is 24.0 Å². The van der Waals surface area contributed by atoms with Crippen LogP contribution in [-0.4, -0.2) is 24.7 Å². The summed E-state index contributed by atoms with van der Waals surface area (Å²) in [6.45, 7) is 3.65. The summed E-state index contributed by atoms with van der Waals surface area (Å²) in [6, 6.07) is 4.29. The summed E-state index contributed by atoms with van der Waals surface area (Å²) in [7, 11) is 1.71. The zero-order chi connectivity index (χ0) is 11.1. The second-order valence-corrected chi connectivity index (χ2v) is 3.87. The minimum Gasteiger partial charge on any atom is -0.385 e. The molecule has 0 aliphatic rings. The Morgan fingerprint density at radius 2 is 2.31 bits per heavy atom. The standard InChI is InChI=1S/C11H17ClN2O.ClH/c1-9(5-7-15-2)14-8-10-4-3-6-13-11(10)12;/h3-4,6,9,14H,5,7-8H2,1-2H3;1H. The Balaban J connectivity index is 0.00000225. The van der Waals surface area contributed by atoms with E-state index >= 15 is 0 Å². The third-order valence-corrected chi connectivity index (χ3v) is 2.57. The van der Waals surface area contributed by atoms with Crippen LogP contribution in [0.3, 0.4) is 0 Å². The number of pyridine rings is 1. The Morgan fingerprint density at radius 3 is 2.94 bits per heavy atom. The molecule has 3 nitrogen and oxygen atoms in total. The molecule has 1 aromatic rings. The maximum atomic E-state index is 5.94. The van der Waals surface area contributed by atoms with Crippen molar-refractivity contribution in [2.45, 2.75) is 25.9 Å². The Morgan fingerprint density at radius 1 is 1.56 bits per heavy atom. The molecule has 0 bridgehead atoms. The third-order valence-electron chi connectivity index (χ3n) is 2.23. The third kappa shape index (κ3) is 5.66. The summed E-state index contributed by atoms with van der Waals surface area (Å²) in [5.41, 5.74) is 1.03. The van der Waals surface area contributed by atoms with Crippen molar-refractivity contribution in [2.24, 2.45) is 0 Å². The van der Waals surface area contributed by atoms with Gasteiger partial charge < -0.3 is 10.1 Å². The molecule has 1 N–H and O–H groups in total. The van der Waals surface area contributed by atoms with Crippen molar-refractivity contribution in [3.63, 3.8) is 0 Å². The fourth-order valence-electron chi connectivity index (χ4n) is 1.23. The second kappa shape index (κ2) is 8.76. The van der Waals surface area contributed by atoms with Gasteiger partial charge in [0, 0.05) is 38.1 Å². The highest BCUT2D eigenvalue weighted by Crippen LogP contribution is 2.11. The van der Waals surface area contributed by atoms with Crippen LogP contribution in [0.4, 0.5) is 0 Å². The van der Waals surface area contributed by atoms with Gasteiger partial charge in [0.2, 0.25) is 0 Å². The maximum absolute atomic E-state index is 5.94. The minimum atomic E-state index is 0. The smallest absolute Gasteiger partial charge is 0.133 e. The van der Waals surface area contributed by atoms with E-state index in [2.05, 4.69) is 17.2 Å². The molecule has 16 heavy (non-hydrogen) atoms. The largest absolute Gasteiger partial charge is 0.385 e. The van der Waals surface area contributed by atoms with Crippen LogP contribution in [0.15, 0.2) is 18.3 Å². The molecule has 0 aliphatic carbocycles. The summed E-state index contributed by atoms with van der Waals surface area (Å²) >= 11 is 5.94. The molecule has 0 saturated carbocycles. The highest BCUT2D eigenvalue weighted by Gasteiger charge is 2.03. The first-order valence-electron chi connectivity index (χ1n) is 5.05. The lowest BCUT2D eigenvalue weighted by molar-refractivity contribution is 0.184. The fraction of sp³-hybridized carbons (Fsp3) is 0.545. The van der Waals surface area contributed by atoms with E-state index < -0.39 is 0 Å². The normalized spacial score (nSPS) is 11.9. The molecule has 92 valence electrons. The van der Waals surface area contributed by atoms with Crippen LogP contribution < -0.4 is 5.32 Å². The number of hydrogen-bond acceptors (Lipinski definition) is 3. The van der Waals surface area contributed by atoms with Crippen LogP contribution in [-0.2, 0) is 11.3 Å². The summed E-state index contributed by atoms with van der Waals surface area (Å²) in [6.07, 6.45) is 2.69. The minimum absolute atomic E-state index is 0. The van der Waals surface area contributed by atoms with Gasteiger partial charge in [-0.3, -0.25) is 0 Å². The monoisotopic (exact) mass is 264 g/mol. The number of nitrogens with zero attached hydrogens (tertiary/aromatic N) is 1. The predicted octanol–water partition coefficient (Wildman–Crippen LogP) is 2.67. The van der Waals surface area contributed by atoms with Crippen molar-refractivity contribution in [1.29, 1.82) is 0 Å². The first-order chi connectivity index (χ1) is 7.24. The average Bonchev–Trinajstić information content (AvgIpc) is 2.25. The number of methoxy groups -OCH3 is 1. The number of ether oxygens (including phenoxy) is 1. The van der Waals surface area contributed by atoms with Gasteiger partial charge in [-0.2, -0.15) is 0 Å². The van der Waals surface area contributed by atoms with Gasteiger partial charge in [0.05, 0.1) is 0 Å². The number of rotatable bonds is 6. The molecular formula is C11H18Cl2N2O. The predicted molar refractivity (Wildman–Crippen MR) is 69.3 cm³/mol. The van der Waals surface area contributed by atoms with Crippen molar-refractivity contribution in [3.8, 4) is 0 Å². The van der Waals surface area contributed by atoms with E-state index in [0.29, 0.717) is 11.2 Å². The molecule has 0 aliphatic heterocycles.